The number of piperidine rings is 1. The fourth-order valence-corrected chi connectivity index (χ4v) is 4.10. The minimum atomic E-state index is -0.470. The van der Waals surface area contributed by atoms with Crippen LogP contribution < -0.4 is 5.32 Å². The Morgan fingerprint density at radius 3 is 2.34 bits per heavy atom. The summed E-state index contributed by atoms with van der Waals surface area (Å²) in [5.41, 5.74) is 0.761. The first kappa shape index (κ1) is 19.4. The Morgan fingerprint density at radius 1 is 1.07 bits per heavy atom. The Bertz CT molecular complexity index is 825. The van der Waals surface area contributed by atoms with Gasteiger partial charge in [0.1, 0.15) is 17.7 Å². The molecule has 0 aliphatic carbocycles. The van der Waals surface area contributed by atoms with Crippen molar-refractivity contribution in [3.05, 3.63) is 53.9 Å². The van der Waals surface area contributed by atoms with Crippen molar-refractivity contribution in [3.63, 3.8) is 0 Å². The number of aromatic nitrogens is 2. The summed E-state index contributed by atoms with van der Waals surface area (Å²) in [6.07, 6.45) is 6.74. The highest BCUT2D eigenvalue weighted by atomic mass is 19.1. The van der Waals surface area contributed by atoms with Crippen molar-refractivity contribution in [1.82, 2.24) is 25.1 Å². The number of aromatic amines is 1. The number of imidazole rings is 1. The topological polar surface area (TPSA) is 81.3 Å². The van der Waals surface area contributed by atoms with Gasteiger partial charge >= 0.3 is 6.03 Å². The number of halogens is 1. The maximum atomic E-state index is 13.3. The summed E-state index contributed by atoms with van der Waals surface area (Å²) in [6, 6.07) is 5.68. The number of carbonyl (C=O) groups excluding carboxylic acids is 2. The number of carbonyl (C=O) groups is 2. The number of nitrogens with one attached hydrogen (secondary N) is 2. The third-order valence-electron chi connectivity index (χ3n) is 5.80. The van der Waals surface area contributed by atoms with Gasteiger partial charge in [0.15, 0.2) is 0 Å². The molecule has 4 rings (SSSR count). The fraction of sp³-hybridized carbons (Fsp3) is 0.476. The molecule has 8 heteroatoms. The van der Waals surface area contributed by atoms with Gasteiger partial charge in [-0.25, -0.2) is 14.2 Å². The molecule has 0 spiro atoms. The highest BCUT2D eigenvalue weighted by Gasteiger charge is 2.32. The van der Waals surface area contributed by atoms with E-state index in [0.717, 1.165) is 31.5 Å². The van der Waals surface area contributed by atoms with Gasteiger partial charge < -0.3 is 20.1 Å². The molecule has 2 saturated heterocycles. The van der Waals surface area contributed by atoms with Crippen molar-refractivity contribution in [2.24, 2.45) is 5.92 Å². The number of hydrogen-bond acceptors (Lipinski definition) is 3. The van der Waals surface area contributed by atoms with Crippen molar-refractivity contribution in [3.8, 4) is 0 Å². The van der Waals surface area contributed by atoms with Crippen LogP contribution in [0, 0.1) is 11.7 Å². The van der Waals surface area contributed by atoms with Crippen molar-refractivity contribution in [1.29, 1.82) is 0 Å². The van der Waals surface area contributed by atoms with E-state index in [1.165, 1.54) is 12.1 Å². The van der Waals surface area contributed by atoms with Gasteiger partial charge in [-0.3, -0.25) is 4.79 Å². The molecule has 3 amide bonds. The van der Waals surface area contributed by atoms with Crippen molar-refractivity contribution in [2.45, 2.75) is 31.7 Å². The van der Waals surface area contributed by atoms with Crippen LogP contribution in [0.2, 0.25) is 0 Å². The minimum Gasteiger partial charge on any atom is -0.347 e. The van der Waals surface area contributed by atoms with Gasteiger partial charge in [0.25, 0.3) is 0 Å². The molecule has 2 aliphatic heterocycles. The molecule has 2 fully saturated rings. The summed E-state index contributed by atoms with van der Waals surface area (Å²) in [7, 11) is 0. The summed E-state index contributed by atoms with van der Waals surface area (Å²) in [6.45, 7) is 2.86. The average Bonchev–Trinajstić information content (AvgIpc) is 3.46. The van der Waals surface area contributed by atoms with E-state index in [0.29, 0.717) is 31.8 Å². The van der Waals surface area contributed by atoms with Crippen molar-refractivity contribution in [2.75, 3.05) is 26.2 Å². The largest absolute Gasteiger partial charge is 0.347 e. The first-order chi connectivity index (χ1) is 14.1. The lowest BCUT2D eigenvalue weighted by molar-refractivity contribution is -0.126. The maximum Gasteiger partial charge on any atom is 0.319 e. The summed E-state index contributed by atoms with van der Waals surface area (Å²) < 4.78 is 13.3. The van der Waals surface area contributed by atoms with Gasteiger partial charge in [0.05, 0.1) is 0 Å². The summed E-state index contributed by atoms with van der Waals surface area (Å²) in [4.78, 5) is 36.5. The molecule has 1 atom stereocenters. The fourth-order valence-electron chi connectivity index (χ4n) is 4.10. The number of amides is 3. The van der Waals surface area contributed by atoms with Crippen molar-refractivity contribution >= 4 is 11.9 Å². The molecule has 29 heavy (non-hydrogen) atoms. The smallest absolute Gasteiger partial charge is 0.319 e. The SMILES string of the molecule is O=C(NC(c1ccc(F)cc1)c1ncc[nH]1)C1CCN(C(=O)N2CCCC2)CC1. The number of hydrogen-bond donors (Lipinski definition) is 2. The number of rotatable bonds is 4. The van der Waals surface area contributed by atoms with E-state index in [4.69, 9.17) is 0 Å². The predicted octanol–water partition coefficient (Wildman–Crippen LogP) is 2.68. The zero-order chi connectivity index (χ0) is 20.2. The Hall–Kier alpha value is -2.90. The molecule has 0 bridgehead atoms. The molecule has 1 aromatic heterocycles. The van der Waals surface area contributed by atoms with E-state index >= 15 is 0 Å². The predicted molar refractivity (Wildman–Crippen MR) is 105 cm³/mol. The second-order valence-electron chi connectivity index (χ2n) is 7.71. The van der Waals surface area contributed by atoms with Crippen LogP contribution in [0.1, 0.15) is 43.1 Å². The van der Waals surface area contributed by atoms with E-state index in [1.54, 1.807) is 24.5 Å². The summed E-state index contributed by atoms with van der Waals surface area (Å²) in [5.74, 6) is 0.0550. The minimum absolute atomic E-state index is 0.0657. The molecule has 0 radical (unpaired) electrons. The van der Waals surface area contributed by atoms with E-state index in [1.807, 2.05) is 9.80 Å². The van der Waals surface area contributed by atoms with Gasteiger partial charge in [0, 0.05) is 44.5 Å². The molecule has 7 nitrogen and oxygen atoms in total. The number of benzene rings is 1. The molecule has 2 N–H and O–H groups in total. The lowest BCUT2D eigenvalue weighted by Gasteiger charge is -2.34. The zero-order valence-electron chi connectivity index (χ0n) is 16.3. The van der Waals surface area contributed by atoms with Crippen LogP contribution >= 0.6 is 0 Å². The lowest BCUT2D eigenvalue weighted by atomic mass is 9.95. The molecular weight excluding hydrogens is 373 g/mol. The van der Waals surface area contributed by atoms with Gasteiger partial charge in [0.2, 0.25) is 5.91 Å². The normalized spacial score (nSPS) is 18.7. The van der Waals surface area contributed by atoms with Gasteiger partial charge in [-0.15, -0.1) is 0 Å². The monoisotopic (exact) mass is 399 g/mol. The van der Waals surface area contributed by atoms with E-state index in [-0.39, 0.29) is 23.7 Å². The average molecular weight is 399 g/mol. The number of urea groups is 1. The molecule has 3 heterocycles. The Balaban J connectivity index is 1.38. The maximum absolute atomic E-state index is 13.3. The first-order valence-electron chi connectivity index (χ1n) is 10.2. The van der Waals surface area contributed by atoms with Gasteiger partial charge in [-0.2, -0.15) is 0 Å². The standard InChI is InChI=1S/C21H26FN5O2/c22-17-5-3-15(4-6-17)18(19-23-9-10-24-19)25-20(28)16-7-13-27(14-8-16)21(29)26-11-1-2-12-26/h3-6,9-10,16,18H,1-2,7-8,11-14H2,(H,23,24)(H,25,28). The van der Waals surface area contributed by atoms with Crippen LogP contribution in [0.25, 0.3) is 0 Å². The highest BCUT2D eigenvalue weighted by Crippen LogP contribution is 2.24. The molecule has 1 aromatic carbocycles. The van der Waals surface area contributed by atoms with E-state index in [2.05, 4.69) is 15.3 Å². The molecular formula is C21H26FN5O2. The van der Waals surface area contributed by atoms with Crippen LogP contribution in [0.4, 0.5) is 9.18 Å². The van der Waals surface area contributed by atoms with Gasteiger partial charge in [-0.05, 0) is 43.4 Å². The van der Waals surface area contributed by atoms with Crippen LogP contribution in [-0.4, -0.2) is 57.9 Å². The van der Waals surface area contributed by atoms with E-state index < -0.39 is 6.04 Å². The second-order valence-corrected chi connectivity index (χ2v) is 7.71. The van der Waals surface area contributed by atoms with Crippen LogP contribution in [0.15, 0.2) is 36.7 Å². The molecule has 2 aromatic rings. The number of H-pyrrole nitrogens is 1. The van der Waals surface area contributed by atoms with Crippen molar-refractivity contribution < 1.29 is 14.0 Å². The molecule has 1 unspecified atom stereocenters. The van der Waals surface area contributed by atoms with Crippen LogP contribution in [0.5, 0.6) is 0 Å². The van der Waals surface area contributed by atoms with Gasteiger partial charge in [-0.1, -0.05) is 12.1 Å². The van der Waals surface area contributed by atoms with Crippen LogP contribution in [0.3, 0.4) is 0 Å². The Morgan fingerprint density at radius 2 is 1.72 bits per heavy atom. The summed E-state index contributed by atoms with van der Waals surface area (Å²) >= 11 is 0. The molecule has 0 saturated carbocycles. The zero-order valence-corrected chi connectivity index (χ0v) is 16.3. The molecule has 154 valence electrons. The highest BCUT2D eigenvalue weighted by molar-refractivity contribution is 5.80. The van der Waals surface area contributed by atoms with E-state index in [9.17, 15) is 14.0 Å². The third-order valence-corrected chi connectivity index (χ3v) is 5.80. The Kier molecular flexibility index (Phi) is 5.78. The summed E-state index contributed by atoms with van der Waals surface area (Å²) in [5, 5.41) is 3.06. The first-order valence-corrected chi connectivity index (χ1v) is 10.2. The molecule has 2 aliphatic rings. The number of nitrogens with zero attached hydrogens (tertiary/aromatic N) is 3. The van der Waals surface area contributed by atoms with Crippen LogP contribution in [-0.2, 0) is 4.79 Å². The quantitative estimate of drug-likeness (QED) is 0.829. The lowest BCUT2D eigenvalue weighted by Crippen LogP contribution is -2.48. The number of likely N-dealkylation sites (tertiary alicyclic amines) is 2. The second kappa shape index (κ2) is 8.63. The Labute approximate surface area is 169 Å². The third kappa shape index (κ3) is 4.41.